The van der Waals surface area contributed by atoms with Gasteiger partial charge in [-0.3, -0.25) is 4.79 Å². The number of hydrogen-bond acceptors (Lipinski definition) is 2. The van der Waals surface area contributed by atoms with Gasteiger partial charge in [-0.15, -0.1) is 0 Å². The fourth-order valence-electron chi connectivity index (χ4n) is 2.48. The van der Waals surface area contributed by atoms with Crippen molar-refractivity contribution in [3.05, 3.63) is 34.1 Å². The highest BCUT2D eigenvalue weighted by Gasteiger charge is 2.21. The molecule has 1 saturated carbocycles. The first-order chi connectivity index (χ1) is 9.08. The van der Waals surface area contributed by atoms with Crippen molar-refractivity contribution in [3.8, 4) is 0 Å². The molecule has 0 unspecified atom stereocenters. The molecule has 2 rings (SSSR count). The maximum absolute atomic E-state index is 13.2. The van der Waals surface area contributed by atoms with Gasteiger partial charge >= 0.3 is 0 Å². The summed E-state index contributed by atoms with van der Waals surface area (Å²) in [6, 6.07) is 4.99. The Kier molecular flexibility index (Phi) is 4.93. The molecule has 0 atom stereocenters. The molecule has 0 bridgehead atoms. The van der Waals surface area contributed by atoms with E-state index in [4.69, 9.17) is 0 Å². The topological polar surface area (TPSA) is 41.1 Å². The van der Waals surface area contributed by atoms with E-state index in [0.29, 0.717) is 16.1 Å². The zero-order chi connectivity index (χ0) is 13.8. The Bertz CT molecular complexity index is 439. The first-order valence-corrected chi connectivity index (χ1v) is 7.32. The van der Waals surface area contributed by atoms with E-state index < -0.39 is 5.82 Å². The zero-order valence-electron chi connectivity index (χ0n) is 10.9. The van der Waals surface area contributed by atoms with Crippen LogP contribution in [0.5, 0.6) is 0 Å². The van der Waals surface area contributed by atoms with E-state index in [1.165, 1.54) is 12.1 Å². The molecule has 1 aliphatic rings. The molecule has 1 fully saturated rings. The summed E-state index contributed by atoms with van der Waals surface area (Å²) in [5.41, 5.74) is 0.364. The monoisotopic (exact) mass is 328 g/mol. The van der Waals surface area contributed by atoms with Crippen molar-refractivity contribution in [2.45, 2.75) is 37.8 Å². The van der Waals surface area contributed by atoms with Crippen molar-refractivity contribution in [2.24, 2.45) is 0 Å². The Morgan fingerprint density at radius 3 is 2.42 bits per heavy atom. The van der Waals surface area contributed by atoms with E-state index in [1.54, 1.807) is 6.07 Å². The molecule has 5 heteroatoms. The van der Waals surface area contributed by atoms with Gasteiger partial charge in [0, 0.05) is 22.1 Å². The summed E-state index contributed by atoms with van der Waals surface area (Å²) in [6.07, 6.45) is 4.06. The Balaban J connectivity index is 1.94. The van der Waals surface area contributed by atoms with Crippen molar-refractivity contribution in [1.29, 1.82) is 0 Å². The summed E-state index contributed by atoms with van der Waals surface area (Å²) in [6.45, 7) is 0. The summed E-state index contributed by atoms with van der Waals surface area (Å²) in [5, 5.41) is 6.24. The van der Waals surface area contributed by atoms with Gasteiger partial charge in [-0.2, -0.15) is 0 Å². The minimum absolute atomic E-state index is 0.194. The highest BCUT2D eigenvalue weighted by atomic mass is 79.9. The van der Waals surface area contributed by atoms with Crippen LogP contribution in [0.2, 0.25) is 0 Å². The van der Waals surface area contributed by atoms with Crippen molar-refractivity contribution < 1.29 is 9.18 Å². The van der Waals surface area contributed by atoms with Gasteiger partial charge in [0.1, 0.15) is 5.82 Å². The molecule has 1 aliphatic carbocycles. The van der Waals surface area contributed by atoms with Crippen LogP contribution in [-0.4, -0.2) is 25.0 Å². The van der Waals surface area contributed by atoms with Crippen molar-refractivity contribution >= 4 is 21.8 Å². The minimum atomic E-state index is -0.404. The lowest BCUT2D eigenvalue weighted by Gasteiger charge is -2.28. The fraction of sp³-hybridized carbons (Fsp3) is 0.500. The summed E-state index contributed by atoms with van der Waals surface area (Å²) in [4.78, 5) is 12.1. The molecule has 0 aromatic heterocycles. The summed E-state index contributed by atoms with van der Waals surface area (Å²) < 4.78 is 13.8. The van der Waals surface area contributed by atoms with Gasteiger partial charge in [-0.05, 0) is 50.9 Å². The quantitative estimate of drug-likeness (QED) is 0.895. The number of halogens is 2. The van der Waals surface area contributed by atoms with Crippen LogP contribution in [0.4, 0.5) is 4.39 Å². The van der Waals surface area contributed by atoms with Crippen LogP contribution in [-0.2, 0) is 0 Å². The number of carbonyl (C=O) groups excluding carboxylic acids is 1. The Hall–Kier alpha value is -0.940. The SMILES string of the molecule is CNC1CCC(NC(=O)c2cc(F)cc(Br)c2)CC1. The van der Waals surface area contributed by atoms with Gasteiger partial charge in [0.25, 0.3) is 5.91 Å². The molecule has 104 valence electrons. The first-order valence-electron chi connectivity index (χ1n) is 6.52. The normalized spacial score (nSPS) is 23.1. The third-order valence-electron chi connectivity index (χ3n) is 3.60. The predicted octanol–water partition coefficient (Wildman–Crippen LogP) is 2.85. The fourth-order valence-corrected chi connectivity index (χ4v) is 2.95. The van der Waals surface area contributed by atoms with E-state index >= 15 is 0 Å². The highest BCUT2D eigenvalue weighted by Crippen LogP contribution is 2.20. The number of nitrogens with one attached hydrogen (secondary N) is 2. The van der Waals surface area contributed by atoms with Crippen LogP contribution in [0.15, 0.2) is 22.7 Å². The minimum Gasteiger partial charge on any atom is -0.349 e. The number of carbonyl (C=O) groups is 1. The average Bonchev–Trinajstić information content (AvgIpc) is 2.38. The van der Waals surface area contributed by atoms with E-state index in [0.717, 1.165) is 25.7 Å². The van der Waals surface area contributed by atoms with Crippen molar-refractivity contribution in [3.63, 3.8) is 0 Å². The molecule has 1 amide bonds. The zero-order valence-corrected chi connectivity index (χ0v) is 12.5. The predicted molar refractivity (Wildman–Crippen MR) is 76.7 cm³/mol. The molecule has 2 N–H and O–H groups in total. The highest BCUT2D eigenvalue weighted by molar-refractivity contribution is 9.10. The smallest absolute Gasteiger partial charge is 0.251 e. The van der Waals surface area contributed by atoms with Crippen LogP contribution < -0.4 is 10.6 Å². The number of rotatable bonds is 3. The lowest BCUT2D eigenvalue weighted by Crippen LogP contribution is -2.41. The maximum Gasteiger partial charge on any atom is 0.251 e. The molecule has 1 aromatic rings. The molecule has 0 saturated heterocycles. The number of hydrogen-bond donors (Lipinski definition) is 2. The van der Waals surface area contributed by atoms with E-state index in [-0.39, 0.29) is 11.9 Å². The van der Waals surface area contributed by atoms with Crippen molar-refractivity contribution in [1.82, 2.24) is 10.6 Å². The Labute approximate surface area is 121 Å². The standard InChI is InChI=1S/C14H18BrFN2O/c1-17-12-2-4-13(5-3-12)18-14(19)9-6-10(15)8-11(16)7-9/h6-8,12-13,17H,2-5H2,1H3,(H,18,19). The number of benzene rings is 1. The number of amides is 1. The molecule has 1 aromatic carbocycles. The molecule has 0 spiro atoms. The molecule has 19 heavy (non-hydrogen) atoms. The van der Waals surface area contributed by atoms with Crippen LogP contribution in [0, 0.1) is 5.82 Å². The molecule has 0 heterocycles. The third-order valence-corrected chi connectivity index (χ3v) is 4.05. The van der Waals surface area contributed by atoms with Crippen LogP contribution in [0.25, 0.3) is 0 Å². The van der Waals surface area contributed by atoms with Crippen molar-refractivity contribution in [2.75, 3.05) is 7.05 Å². The lowest BCUT2D eigenvalue weighted by atomic mass is 9.91. The van der Waals surface area contributed by atoms with Gasteiger partial charge in [-0.25, -0.2) is 4.39 Å². The van der Waals surface area contributed by atoms with E-state index in [9.17, 15) is 9.18 Å². The Morgan fingerprint density at radius 1 is 1.21 bits per heavy atom. The van der Waals surface area contributed by atoms with Gasteiger partial charge in [-0.1, -0.05) is 15.9 Å². The second-order valence-corrected chi connectivity index (χ2v) is 5.88. The van der Waals surface area contributed by atoms with Gasteiger partial charge in [0.15, 0.2) is 0 Å². The third kappa shape index (κ3) is 4.01. The molecule has 0 aliphatic heterocycles. The van der Waals surface area contributed by atoms with Crippen LogP contribution >= 0.6 is 15.9 Å². The largest absolute Gasteiger partial charge is 0.349 e. The van der Waals surface area contributed by atoms with Gasteiger partial charge < -0.3 is 10.6 Å². The van der Waals surface area contributed by atoms with Gasteiger partial charge in [0.05, 0.1) is 0 Å². The van der Waals surface area contributed by atoms with E-state index in [2.05, 4.69) is 26.6 Å². The van der Waals surface area contributed by atoms with Crippen LogP contribution in [0.3, 0.4) is 0 Å². The van der Waals surface area contributed by atoms with Gasteiger partial charge in [0.2, 0.25) is 0 Å². The molecular weight excluding hydrogens is 311 g/mol. The molecule has 3 nitrogen and oxygen atoms in total. The van der Waals surface area contributed by atoms with Crippen LogP contribution in [0.1, 0.15) is 36.0 Å². The second kappa shape index (κ2) is 6.48. The maximum atomic E-state index is 13.2. The Morgan fingerprint density at radius 2 is 1.84 bits per heavy atom. The first kappa shape index (κ1) is 14.5. The average molecular weight is 329 g/mol. The lowest BCUT2D eigenvalue weighted by molar-refractivity contribution is 0.0924. The summed E-state index contributed by atoms with van der Waals surface area (Å²) in [5.74, 6) is -0.605. The van der Waals surface area contributed by atoms with E-state index in [1.807, 2.05) is 7.05 Å². The summed E-state index contributed by atoms with van der Waals surface area (Å²) in [7, 11) is 1.97. The molecule has 0 radical (unpaired) electrons. The summed E-state index contributed by atoms with van der Waals surface area (Å²) >= 11 is 3.20. The molecular formula is C14H18BrFN2O. The second-order valence-electron chi connectivity index (χ2n) is 4.97.